The van der Waals surface area contributed by atoms with Gasteiger partial charge in [0.2, 0.25) is 0 Å². The van der Waals surface area contributed by atoms with E-state index in [0.717, 1.165) is 31.2 Å². The molecule has 1 aromatic heterocycles. The number of nitrogens with two attached hydrogens (primary N) is 1. The Morgan fingerprint density at radius 2 is 1.92 bits per heavy atom. The zero-order valence-electron chi connectivity index (χ0n) is 14.1. The van der Waals surface area contributed by atoms with Crippen molar-refractivity contribution >= 4 is 29.9 Å². The van der Waals surface area contributed by atoms with Gasteiger partial charge in [0.25, 0.3) is 0 Å². The maximum absolute atomic E-state index is 6.11. The molecule has 0 unspecified atom stereocenters. The SMILES string of the molecule is CC1CCN(C(N)=NCc2ccn(Cc3ccccc3)n2)CC1.I. The van der Waals surface area contributed by atoms with Crippen molar-refractivity contribution in [1.29, 1.82) is 0 Å². The molecule has 1 aliphatic heterocycles. The molecule has 5 nitrogen and oxygen atoms in total. The number of aliphatic imine (C=N–C) groups is 1. The van der Waals surface area contributed by atoms with Crippen LogP contribution >= 0.6 is 24.0 Å². The summed E-state index contributed by atoms with van der Waals surface area (Å²) in [4.78, 5) is 6.69. The van der Waals surface area contributed by atoms with Gasteiger partial charge in [0.1, 0.15) is 0 Å². The van der Waals surface area contributed by atoms with Crippen molar-refractivity contribution in [3.63, 3.8) is 0 Å². The number of halogens is 1. The molecule has 24 heavy (non-hydrogen) atoms. The first-order valence-corrected chi connectivity index (χ1v) is 8.32. The van der Waals surface area contributed by atoms with Crippen molar-refractivity contribution < 1.29 is 0 Å². The molecule has 0 radical (unpaired) electrons. The third-order valence-corrected chi connectivity index (χ3v) is 4.39. The zero-order valence-corrected chi connectivity index (χ0v) is 16.5. The molecular formula is C18H26IN5. The molecule has 1 fully saturated rings. The van der Waals surface area contributed by atoms with Gasteiger partial charge in [-0.15, -0.1) is 24.0 Å². The molecule has 6 heteroatoms. The van der Waals surface area contributed by atoms with E-state index < -0.39 is 0 Å². The first-order valence-electron chi connectivity index (χ1n) is 8.32. The van der Waals surface area contributed by atoms with Crippen LogP contribution in [0.4, 0.5) is 0 Å². The lowest BCUT2D eigenvalue weighted by Crippen LogP contribution is -2.42. The summed E-state index contributed by atoms with van der Waals surface area (Å²) in [6, 6.07) is 12.3. The second-order valence-electron chi connectivity index (χ2n) is 6.33. The molecule has 0 amide bonds. The summed E-state index contributed by atoms with van der Waals surface area (Å²) in [5.41, 5.74) is 8.31. The minimum atomic E-state index is 0. The lowest BCUT2D eigenvalue weighted by atomic mass is 10.00. The molecule has 0 aliphatic carbocycles. The zero-order chi connectivity index (χ0) is 16.1. The maximum Gasteiger partial charge on any atom is 0.191 e. The number of guanidine groups is 1. The van der Waals surface area contributed by atoms with Crippen LogP contribution in [0.15, 0.2) is 47.6 Å². The average Bonchev–Trinajstić information content (AvgIpc) is 3.02. The average molecular weight is 439 g/mol. The minimum absolute atomic E-state index is 0. The van der Waals surface area contributed by atoms with Gasteiger partial charge in [-0.25, -0.2) is 4.99 Å². The van der Waals surface area contributed by atoms with Crippen molar-refractivity contribution in [2.24, 2.45) is 16.6 Å². The number of hydrogen-bond acceptors (Lipinski definition) is 2. The maximum atomic E-state index is 6.11. The van der Waals surface area contributed by atoms with Crippen LogP contribution in [-0.4, -0.2) is 33.7 Å². The molecule has 2 N–H and O–H groups in total. The quantitative estimate of drug-likeness (QED) is 0.453. The van der Waals surface area contributed by atoms with Crippen LogP contribution < -0.4 is 5.73 Å². The van der Waals surface area contributed by atoms with Crippen molar-refractivity contribution in [1.82, 2.24) is 14.7 Å². The van der Waals surface area contributed by atoms with Crippen LogP contribution in [0.3, 0.4) is 0 Å². The van der Waals surface area contributed by atoms with Gasteiger partial charge in [0.15, 0.2) is 5.96 Å². The van der Waals surface area contributed by atoms with E-state index in [2.05, 4.69) is 34.0 Å². The highest BCUT2D eigenvalue weighted by atomic mass is 127. The highest BCUT2D eigenvalue weighted by Crippen LogP contribution is 2.15. The Hall–Kier alpha value is -1.57. The Labute approximate surface area is 161 Å². The normalized spacial score (nSPS) is 16.0. The van der Waals surface area contributed by atoms with Crippen LogP contribution in [0.25, 0.3) is 0 Å². The third-order valence-electron chi connectivity index (χ3n) is 4.39. The fraction of sp³-hybridized carbons (Fsp3) is 0.444. The Balaban J connectivity index is 0.00000208. The van der Waals surface area contributed by atoms with Crippen LogP contribution in [0.1, 0.15) is 31.0 Å². The summed E-state index contributed by atoms with van der Waals surface area (Å²) in [7, 11) is 0. The molecule has 2 heterocycles. The molecule has 1 saturated heterocycles. The van der Waals surface area contributed by atoms with Gasteiger partial charge < -0.3 is 10.6 Å². The summed E-state index contributed by atoms with van der Waals surface area (Å²) >= 11 is 0. The molecule has 3 rings (SSSR count). The first-order chi connectivity index (χ1) is 11.2. The van der Waals surface area contributed by atoms with Gasteiger partial charge in [-0.3, -0.25) is 4.68 Å². The highest BCUT2D eigenvalue weighted by molar-refractivity contribution is 14.0. The molecular weight excluding hydrogens is 413 g/mol. The number of rotatable bonds is 4. The summed E-state index contributed by atoms with van der Waals surface area (Å²) in [5.74, 6) is 1.45. The first kappa shape index (κ1) is 18.8. The number of aromatic nitrogens is 2. The number of nitrogens with zero attached hydrogens (tertiary/aromatic N) is 4. The van der Waals surface area contributed by atoms with E-state index in [1.165, 1.54) is 18.4 Å². The predicted octanol–water partition coefficient (Wildman–Crippen LogP) is 3.10. The molecule has 2 aromatic rings. The van der Waals surface area contributed by atoms with Crippen LogP contribution in [0.5, 0.6) is 0 Å². The highest BCUT2D eigenvalue weighted by Gasteiger charge is 2.16. The van der Waals surface area contributed by atoms with Crippen molar-refractivity contribution in [3.8, 4) is 0 Å². The third kappa shape index (κ3) is 5.22. The van der Waals surface area contributed by atoms with Crippen molar-refractivity contribution in [2.45, 2.75) is 32.9 Å². The second-order valence-corrected chi connectivity index (χ2v) is 6.33. The van der Waals surface area contributed by atoms with Gasteiger partial charge in [-0.2, -0.15) is 5.10 Å². The molecule has 0 spiro atoms. The molecule has 0 bridgehead atoms. The fourth-order valence-electron chi connectivity index (χ4n) is 2.85. The van der Waals surface area contributed by atoms with Crippen molar-refractivity contribution in [2.75, 3.05) is 13.1 Å². The van der Waals surface area contributed by atoms with E-state index in [1.807, 2.05) is 35.1 Å². The standard InChI is InChI=1S/C18H25N5.HI/c1-15-7-10-22(11-8-15)18(19)20-13-17-9-12-23(21-17)14-16-5-3-2-4-6-16;/h2-6,9,12,15H,7-8,10-11,13-14H2,1H3,(H2,19,20);1H. The summed E-state index contributed by atoms with van der Waals surface area (Å²) in [6.45, 7) is 5.64. The minimum Gasteiger partial charge on any atom is -0.370 e. The van der Waals surface area contributed by atoms with Crippen LogP contribution in [-0.2, 0) is 13.1 Å². The Morgan fingerprint density at radius 1 is 1.21 bits per heavy atom. The molecule has 130 valence electrons. The number of hydrogen-bond donors (Lipinski definition) is 1. The largest absolute Gasteiger partial charge is 0.370 e. The van der Waals surface area contributed by atoms with E-state index in [4.69, 9.17) is 5.73 Å². The van der Waals surface area contributed by atoms with E-state index in [-0.39, 0.29) is 24.0 Å². The van der Waals surface area contributed by atoms with E-state index in [1.54, 1.807) is 0 Å². The van der Waals surface area contributed by atoms with Gasteiger partial charge in [0, 0.05) is 19.3 Å². The number of likely N-dealkylation sites (tertiary alicyclic amines) is 1. The summed E-state index contributed by atoms with van der Waals surface area (Å²) < 4.78 is 1.94. The van der Waals surface area contributed by atoms with Gasteiger partial charge >= 0.3 is 0 Å². The summed E-state index contributed by atoms with van der Waals surface area (Å²) in [5, 5.41) is 4.57. The molecule has 1 aromatic carbocycles. The van der Waals surface area contributed by atoms with Gasteiger partial charge in [0.05, 0.1) is 18.8 Å². The molecule has 0 saturated carbocycles. The lowest BCUT2D eigenvalue weighted by Gasteiger charge is -2.30. The van der Waals surface area contributed by atoms with Gasteiger partial charge in [-0.05, 0) is 30.4 Å². The molecule has 0 atom stereocenters. The van der Waals surface area contributed by atoms with Crippen molar-refractivity contribution in [3.05, 3.63) is 53.9 Å². The Morgan fingerprint density at radius 3 is 2.62 bits per heavy atom. The second kappa shape index (κ2) is 9.05. The van der Waals surface area contributed by atoms with Crippen LogP contribution in [0.2, 0.25) is 0 Å². The van der Waals surface area contributed by atoms with E-state index >= 15 is 0 Å². The number of benzene rings is 1. The monoisotopic (exact) mass is 439 g/mol. The Kier molecular flexibility index (Phi) is 7.08. The fourth-order valence-corrected chi connectivity index (χ4v) is 2.85. The lowest BCUT2D eigenvalue weighted by molar-refractivity contribution is 0.277. The van der Waals surface area contributed by atoms with E-state index in [9.17, 15) is 0 Å². The smallest absolute Gasteiger partial charge is 0.191 e. The predicted molar refractivity (Wildman–Crippen MR) is 108 cm³/mol. The van der Waals surface area contributed by atoms with Gasteiger partial charge in [-0.1, -0.05) is 37.3 Å². The topological polar surface area (TPSA) is 59.4 Å². The molecule has 1 aliphatic rings. The van der Waals surface area contributed by atoms with Crippen LogP contribution in [0, 0.1) is 5.92 Å². The summed E-state index contributed by atoms with van der Waals surface area (Å²) in [6.07, 6.45) is 4.39. The van der Waals surface area contributed by atoms with E-state index in [0.29, 0.717) is 12.5 Å². The number of piperidine rings is 1. The Bertz CT molecular complexity index is 644.